The predicted octanol–water partition coefficient (Wildman–Crippen LogP) is 3.68. The molecule has 0 aliphatic heterocycles. The highest BCUT2D eigenvalue weighted by Crippen LogP contribution is 2.20. The summed E-state index contributed by atoms with van der Waals surface area (Å²) in [6, 6.07) is 6.67. The van der Waals surface area contributed by atoms with E-state index < -0.39 is 0 Å². The van der Waals surface area contributed by atoms with E-state index >= 15 is 0 Å². The summed E-state index contributed by atoms with van der Waals surface area (Å²) >= 11 is 1.88. The monoisotopic (exact) mass is 249 g/mol. The van der Waals surface area contributed by atoms with Crippen LogP contribution < -0.4 is 5.32 Å². The van der Waals surface area contributed by atoms with Crippen molar-refractivity contribution >= 4 is 11.3 Å². The number of rotatable bonds is 5. The Bertz CT molecular complexity index is 439. The molecule has 0 aromatic carbocycles. The second-order valence-corrected chi connectivity index (χ2v) is 5.86. The fourth-order valence-corrected chi connectivity index (χ4v) is 2.82. The molecule has 0 aliphatic carbocycles. The maximum atomic E-state index is 5.34. The largest absolute Gasteiger partial charge is 0.469 e. The summed E-state index contributed by atoms with van der Waals surface area (Å²) in [5.41, 5.74) is 1.39. The van der Waals surface area contributed by atoms with E-state index in [4.69, 9.17) is 4.42 Å². The lowest BCUT2D eigenvalue weighted by Gasteiger charge is -2.11. The van der Waals surface area contributed by atoms with Crippen LogP contribution in [-0.2, 0) is 13.0 Å². The number of furan rings is 1. The van der Waals surface area contributed by atoms with Crippen molar-refractivity contribution in [1.82, 2.24) is 5.32 Å². The van der Waals surface area contributed by atoms with Crippen LogP contribution in [0.1, 0.15) is 28.0 Å². The van der Waals surface area contributed by atoms with Crippen LogP contribution in [0.5, 0.6) is 0 Å². The minimum absolute atomic E-state index is 0.434. The highest BCUT2D eigenvalue weighted by molar-refractivity contribution is 7.12. The first-order valence-electron chi connectivity index (χ1n) is 5.97. The standard InChI is InChI=1S/C14H19NOS/c1-10-7-14(17-12(10)3)9-15-11(2)8-13-5-4-6-16-13/h4-7,11,15H,8-9H2,1-3H3. The molecular formula is C14H19NOS. The van der Waals surface area contributed by atoms with Gasteiger partial charge in [-0.05, 0) is 44.5 Å². The lowest BCUT2D eigenvalue weighted by atomic mass is 10.2. The summed E-state index contributed by atoms with van der Waals surface area (Å²) < 4.78 is 5.34. The maximum absolute atomic E-state index is 5.34. The summed E-state index contributed by atoms with van der Waals surface area (Å²) in [6.07, 6.45) is 2.67. The summed E-state index contributed by atoms with van der Waals surface area (Å²) in [7, 11) is 0. The van der Waals surface area contributed by atoms with Gasteiger partial charge in [0.15, 0.2) is 0 Å². The quantitative estimate of drug-likeness (QED) is 0.874. The van der Waals surface area contributed by atoms with Crippen molar-refractivity contribution in [3.05, 3.63) is 45.5 Å². The Balaban J connectivity index is 1.81. The maximum Gasteiger partial charge on any atom is 0.105 e. The Morgan fingerprint density at radius 1 is 1.41 bits per heavy atom. The number of thiophene rings is 1. The summed E-state index contributed by atoms with van der Waals surface area (Å²) in [6.45, 7) is 7.48. The molecule has 2 aromatic rings. The smallest absolute Gasteiger partial charge is 0.105 e. The third-order valence-corrected chi connectivity index (χ3v) is 4.08. The number of hydrogen-bond acceptors (Lipinski definition) is 3. The Hall–Kier alpha value is -1.06. The minimum Gasteiger partial charge on any atom is -0.469 e. The van der Waals surface area contributed by atoms with E-state index in [0.717, 1.165) is 18.7 Å². The minimum atomic E-state index is 0.434. The van der Waals surface area contributed by atoms with Gasteiger partial charge in [-0.25, -0.2) is 0 Å². The molecule has 1 unspecified atom stereocenters. The van der Waals surface area contributed by atoms with Gasteiger partial charge in [0, 0.05) is 28.8 Å². The fraction of sp³-hybridized carbons (Fsp3) is 0.429. The molecule has 1 N–H and O–H groups in total. The van der Waals surface area contributed by atoms with Crippen LogP contribution >= 0.6 is 11.3 Å². The van der Waals surface area contributed by atoms with Gasteiger partial charge in [-0.3, -0.25) is 0 Å². The predicted molar refractivity (Wildman–Crippen MR) is 72.5 cm³/mol. The van der Waals surface area contributed by atoms with Crippen LogP contribution in [0.3, 0.4) is 0 Å². The van der Waals surface area contributed by atoms with E-state index in [9.17, 15) is 0 Å². The van der Waals surface area contributed by atoms with Gasteiger partial charge < -0.3 is 9.73 Å². The van der Waals surface area contributed by atoms with Gasteiger partial charge in [0.1, 0.15) is 5.76 Å². The van der Waals surface area contributed by atoms with E-state index in [0.29, 0.717) is 6.04 Å². The van der Waals surface area contributed by atoms with Crippen molar-refractivity contribution in [2.45, 2.75) is 39.8 Å². The molecule has 2 heterocycles. The molecule has 2 nitrogen and oxygen atoms in total. The molecular weight excluding hydrogens is 230 g/mol. The molecule has 0 aliphatic rings. The van der Waals surface area contributed by atoms with Crippen LogP contribution in [0.4, 0.5) is 0 Å². The van der Waals surface area contributed by atoms with E-state index in [2.05, 4.69) is 32.2 Å². The zero-order valence-electron chi connectivity index (χ0n) is 10.6. The van der Waals surface area contributed by atoms with Gasteiger partial charge in [0.05, 0.1) is 6.26 Å². The van der Waals surface area contributed by atoms with Crippen molar-refractivity contribution in [2.24, 2.45) is 0 Å². The molecule has 0 amide bonds. The van der Waals surface area contributed by atoms with Crippen molar-refractivity contribution in [1.29, 1.82) is 0 Å². The van der Waals surface area contributed by atoms with Gasteiger partial charge in [0.2, 0.25) is 0 Å². The van der Waals surface area contributed by atoms with E-state index in [1.165, 1.54) is 15.3 Å². The lowest BCUT2D eigenvalue weighted by molar-refractivity contribution is 0.457. The highest BCUT2D eigenvalue weighted by Gasteiger charge is 2.07. The molecule has 3 heteroatoms. The summed E-state index contributed by atoms with van der Waals surface area (Å²) in [5, 5.41) is 3.53. The first kappa shape index (κ1) is 12.4. The van der Waals surface area contributed by atoms with Crippen molar-refractivity contribution in [2.75, 3.05) is 0 Å². The van der Waals surface area contributed by atoms with E-state index in [1.807, 2.05) is 23.5 Å². The molecule has 0 spiro atoms. The SMILES string of the molecule is Cc1cc(CNC(C)Cc2ccco2)sc1C. The molecule has 2 aromatic heterocycles. The van der Waals surface area contributed by atoms with Crippen molar-refractivity contribution in [3.63, 3.8) is 0 Å². The average Bonchev–Trinajstić information content (AvgIpc) is 2.87. The molecule has 0 fully saturated rings. The van der Waals surface area contributed by atoms with Gasteiger partial charge in [-0.15, -0.1) is 11.3 Å². The van der Waals surface area contributed by atoms with Gasteiger partial charge >= 0.3 is 0 Å². The third kappa shape index (κ3) is 3.45. The zero-order chi connectivity index (χ0) is 12.3. The molecule has 0 saturated carbocycles. The number of nitrogens with one attached hydrogen (secondary N) is 1. The van der Waals surface area contributed by atoms with Crippen LogP contribution in [0.25, 0.3) is 0 Å². The van der Waals surface area contributed by atoms with Crippen molar-refractivity contribution in [3.8, 4) is 0 Å². The van der Waals surface area contributed by atoms with Gasteiger partial charge in [-0.1, -0.05) is 0 Å². The van der Waals surface area contributed by atoms with E-state index in [-0.39, 0.29) is 0 Å². The summed E-state index contributed by atoms with van der Waals surface area (Å²) in [5.74, 6) is 1.04. The number of hydrogen-bond donors (Lipinski definition) is 1. The molecule has 0 saturated heterocycles. The van der Waals surface area contributed by atoms with E-state index in [1.54, 1.807) is 6.26 Å². The van der Waals surface area contributed by atoms with Gasteiger partial charge in [-0.2, -0.15) is 0 Å². The molecule has 0 radical (unpaired) electrons. The van der Waals surface area contributed by atoms with Crippen LogP contribution in [0.15, 0.2) is 28.9 Å². The molecule has 17 heavy (non-hydrogen) atoms. The van der Waals surface area contributed by atoms with Crippen LogP contribution in [-0.4, -0.2) is 6.04 Å². The summed E-state index contributed by atoms with van der Waals surface area (Å²) in [4.78, 5) is 2.83. The Labute approximate surface area is 107 Å². The first-order chi connectivity index (χ1) is 8.15. The Morgan fingerprint density at radius 2 is 2.24 bits per heavy atom. The average molecular weight is 249 g/mol. The molecule has 92 valence electrons. The Morgan fingerprint density at radius 3 is 2.82 bits per heavy atom. The number of aryl methyl sites for hydroxylation is 2. The third-order valence-electron chi connectivity index (χ3n) is 2.93. The Kier molecular flexibility index (Phi) is 4.02. The second-order valence-electron chi connectivity index (χ2n) is 4.52. The highest BCUT2D eigenvalue weighted by atomic mass is 32.1. The molecule has 1 atom stereocenters. The van der Waals surface area contributed by atoms with Crippen LogP contribution in [0.2, 0.25) is 0 Å². The second kappa shape index (κ2) is 5.52. The first-order valence-corrected chi connectivity index (χ1v) is 6.78. The zero-order valence-corrected chi connectivity index (χ0v) is 11.4. The molecule has 2 rings (SSSR count). The fourth-order valence-electron chi connectivity index (χ4n) is 1.81. The topological polar surface area (TPSA) is 25.2 Å². The lowest BCUT2D eigenvalue weighted by Crippen LogP contribution is -2.26. The molecule has 0 bridgehead atoms. The van der Waals surface area contributed by atoms with Crippen LogP contribution in [0, 0.1) is 13.8 Å². The van der Waals surface area contributed by atoms with Crippen molar-refractivity contribution < 1.29 is 4.42 Å². The normalized spacial score (nSPS) is 12.9. The van der Waals surface area contributed by atoms with Gasteiger partial charge in [0.25, 0.3) is 0 Å².